The minimum absolute atomic E-state index is 0.112. The molecule has 0 radical (unpaired) electrons. The second kappa shape index (κ2) is 8.04. The molecule has 0 bridgehead atoms. The van der Waals surface area contributed by atoms with Crippen LogP contribution in [-0.4, -0.2) is 6.54 Å². The van der Waals surface area contributed by atoms with E-state index in [1.165, 1.54) is 0 Å². The molecule has 1 rings (SSSR count). The van der Waals surface area contributed by atoms with Crippen LogP contribution in [0.1, 0.15) is 49.8 Å². The second-order valence-electron chi connectivity index (χ2n) is 4.73. The van der Waals surface area contributed by atoms with E-state index in [2.05, 4.69) is 18.8 Å². The maximum Gasteiger partial charge on any atom is 0.126 e. The fraction of sp³-hybridized carbons (Fsp3) is 0.500. The minimum Gasteiger partial charge on any atom is -0.310 e. The summed E-state index contributed by atoms with van der Waals surface area (Å²) in [7, 11) is 0. The molecule has 0 fully saturated rings. The summed E-state index contributed by atoms with van der Waals surface area (Å²) in [5.74, 6) is -0.112. The van der Waals surface area contributed by atoms with E-state index in [1.54, 1.807) is 13.0 Å². The highest BCUT2D eigenvalue weighted by atomic mass is 19.1. The monoisotopic (exact) mass is 249 g/mol. The van der Waals surface area contributed by atoms with Crippen LogP contribution < -0.4 is 5.32 Å². The molecule has 0 saturated carbocycles. The summed E-state index contributed by atoms with van der Waals surface area (Å²) in [4.78, 5) is 0. The normalized spacial score (nSPS) is 12.4. The van der Waals surface area contributed by atoms with E-state index in [0.717, 1.165) is 37.8 Å². The van der Waals surface area contributed by atoms with Crippen LogP contribution in [-0.2, 0) is 0 Å². The van der Waals surface area contributed by atoms with Gasteiger partial charge in [-0.3, -0.25) is 0 Å². The zero-order valence-corrected chi connectivity index (χ0v) is 11.5. The van der Waals surface area contributed by atoms with Crippen LogP contribution in [0.4, 0.5) is 4.39 Å². The molecule has 0 saturated heterocycles. The topological polar surface area (TPSA) is 12.0 Å². The fourth-order valence-electron chi connectivity index (χ4n) is 2.00. The molecule has 1 unspecified atom stereocenters. The molecule has 0 aliphatic heterocycles. The van der Waals surface area contributed by atoms with Crippen molar-refractivity contribution in [1.29, 1.82) is 0 Å². The van der Waals surface area contributed by atoms with E-state index in [4.69, 9.17) is 0 Å². The third-order valence-corrected chi connectivity index (χ3v) is 3.14. The largest absolute Gasteiger partial charge is 0.310 e. The van der Waals surface area contributed by atoms with Gasteiger partial charge < -0.3 is 5.32 Å². The Kier molecular flexibility index (Phi) is 6.66. The zero-order valence-electron chi connectivity index (χ0n) is 11.5. The summed E-state index contributed by atoms with van der Waals surface area (Å²) >= 11 is 0. The van der Waals surface area contributed by atoms with E-state index in [0.29, 0.717) is 5.56 Å². The standard InChI is InChI=1S/C16H24FN/c1-4-6-7-8-16(18-11-5-2)14-10-9-13(3)15(17)12-14/h4,9-10,12,16,18H,1,5-8,11H2,2-3H3. The smallest absolute Gasteiger partial charge is 0.126 e. The summed E-state index contributed by atoms with van der Waals surface area (Å²) < 4.78 is 13.6. The maximum atomic E-state index is 13.6. The molecule has 0 heterocycles. The number of aryl methyl sites for hydroxylation is 1. The average molecular weight is 249 g/mol. The van der Waals surface area contributed by atoms with E-state index in [9.17, 15) is 4.39 Å². The lowest BCUT2D eigenvalue weighted by atomic mass is 9.99. The van der Waals surface area contributed by atoms with Crippen molar-refractivity contribution in [3.63, 3.8) is 0 Å². The van der Waals surface area contributed by atoms with Crippen molar-refractivity contribution in [3.8, 4) is 0 Å². The van der Waals surface area contributed by atoms with Crippen LogP contribution in [0.5, 0.6) is 0 Å². The van der Waals surface area contributed by atoms with Crippen LogP contribution in [0.2, 0.25) is 0 Å². The first-order valence-corrected chi connectivity index (χ1v) is 6.79. The zero-order chi connectivity index (χ0) is 13.4. The molecule has 1 nitrogen and oxygen atoms in total. The summed E-state index contributed by atoms with van der Waals surface area (Å²) in [5.41, 5.74) is 1.76. The number of halogens is 1. The molecule has 1 aromatic carbocycles. The molecule has 18 heavy (non-hydrogen) atoms. The van der Waals surface area contributed by atoms with Crippen molar-refractivity contribution >= 4 is 0 Å². The van der Waals surface area contributed by atoms with Crippen molar-refractivity contribution in [2.45, 2.75) is 45.6 Å². The Bertz CT molecular complexity index is 373. The highest BCUT2D eigenvalue weighted by molar-refractivity contribution is 5.25. The van der Waals surface area contributed by atoms with Gasteiger partial charge in [0.2, 0.25) is 0 Å². The number of nitrogens with one attached hydrogen (secondary N) is 1. The molecule has 1 aromatic rings. The Morgan fingerprint density at radius 1 is 1.44 bits per heavy atom. The fourth-order valence-corrected chi connectivity index (χ4v) is 2.00. The van der Waals surface area contributed by atoms with Gasteiger partial charge in [-0.15, -0.1) is 6.58 Å². The van der Waals surface area contributed by atoms with E-state index < -0.39 is 0 Å². The predicted octanol–water partition coefficient (Wildman–Crippen LogP) is 4.53. The molecule has 100 valence electrons. The van der Waals surface area contributed by atoms with Crippen LogP contribution in [0.25, 0.3) is 0 Å². The van der Waals surface area contributed by atoms with Crippen molar-refractivity contribution < 1.29 is 4.39 Å². The summed E-state index contributed by atoms with van der Waals surface area (Å²) in [6.45, 7) is 8.64. The van der Waals surface area contributed by atoms with Gasteiger partial charge in [0.1, 0.15) is 5.82 Å². The molecule has 0 aromatic heterocycles. The van der Waals surface area contributed by atoms with Gasteiger partial charge in [-0.25, -0.2) is 4.39 Å². The number of hydrogen-bond acceptors (Lipinski definition) is 1. The Balaban J connectivity index is 2.72. The number of benzene rings is 1. The summed E-state index contributed by atoms with van der Waals surface area (Å²) in [5, 5.41) is 3.49. The van der Waals surface area contributed by atoms with Crippen molar-refractivity contribution in [1.82, 2.24) is 5.32 Å². The first-order chi connectivity index (χ1) is 8.69. The van der Waals surface area contributed by atoms with Gasteiger partial charge in [0.25, 0.3) is 0 Å². The predicted molar refractivity (Wildman–Crippen MR) is 76.2 cm³/mol. The first-order valence-electron chi connectivity index (χ1n) is 6.79. The highest BCUT2D eigenvalue weighted by Gasteiger charge is 2.11. The summed E-state index contributed by atoms with van der Waals surface area (Å²) in [6.07, 6.45) is 6.15. The van der Waals surface area contributed by atoms with Crippen LogP contribution in [0.3, 0.4) is 0 Å². The molecule has 0 aliphatic rings. The lowest BCUT2D eigenvalue weighted by Gasteiger charge is -2.19. The average Bonchev–Trinajstić information content (AvgIpc) is 2.37. The van der Waals surface area contributed by atoms with Crippen molar-refractivity contribution in [3.05, 3.63) is 47.8 Å². The first kappa shape index (κ1) is 14.9. The number of allylic oxidation sites excluding steroid dienone is 1. The van der Waals surface area contributed by atoms with Gasteiger partial charge in [0.05, 0.1) is 0 Å². The van der Waals surface area contributed by atoms with E-state index in [-0.39, 0.29) is 11.9 Å². The van der Waals surface area contributed by atoms with Crippen LogP contribution >= 0.6 is 0 Å². The van der Waals surface area contributed by atoms with Gasteiger partial charge in [0.15, 0.2) is 0 Å². The van der Waals surface area contributed by atoms with Gasteiger partial charge in [0, 0.05) is 6.04 Å². The van der Waals surface area contributed by atoms with Crippen molar-refractivity contribution in [2.24, 2.45) is 0 Å². The quantitative estimate of drug-likeness (QED) is 0.527. The highest BCUT2D eigenvalue weighted by Crippen LogP contribution is 2.21. The number of unbranched alkanes of at least 4 members (excludes halogenated alkanes) is 1. The third-order valence-electron chi connectivity index (χ3n) is 3.14. The Hall–Kier alpha value is -1.15. The Morgan fingerprint density at radius 3 is 2.83 bits per heavy atom. The molecule has 1 atom stereocenters. The third kappa shape index (κ3) is 4.61. The lowest BCUT2D eigenvalue weighted by molar-refractivity contribution is 0.483. The minimum atomic E-state index is -0.112. The van der Waals surface area contributed by atoms with E-state index >= 15 is 0 Å². The number of rotatable bonds is 8. The number of hydrogen-bond donors (Lipinski definition) is 1. The summed E-state index contributed by atoms with van der Waals surface area (Å²) in [6, 6.07) is 5.80. The SMILES string of the molecule is C=CCCCC(NCCC)c1ccc(C)c(F)c1. The lowest BCUT2D eigenvalue weighted by Crippen LogP contribution is -2.22. The molecular weight excluding hydrogens is 225 g/mol. The molecule has 2 heteroatoms. The molecule has 0 aliphatic carbocycles. The van der Waals surface area contributed by atoms with Crippen LogP contribution in [0.15, 0.2) is 30.9 Å². The Morgan fingerprint density at radius 2 is 2.22 bits per heavy atom. The van der Waals surface area contributed by atoms with Gasteiger partial charge >= 0.3 is 0 Å². The Labute approximate surface area is 110 Å². The molecule has 0 spiro atoms. The second-order valence-corrected chi connectivity index (χ2v) is 4.73. The molecule has 0 amide bonds. The maximum absolute atomic E-state index is 13.6. The van der Waals surface area contributed by atoms with Gasteiger partial charge in [-0.2, -0.15) is 0 Å². The van der Waals surface area contributed by atoms with Crippen molar-refractivity contribution in [2.75, 3.05) is 6.54 Å². The van der Waals surface area contributed by atoms with Gasteiger partial charge in [-0.05, 0) is 56.3 Å². The van der Waals surface area contributed by atoms with E-state index in [1.807, 2.05) is 18.2 Å². The van der Waals surface area contributed by atoms with Gasteiger partial charge in [-0.1, -0.05) is 25.1 Å². The molecule has 1 N–H and O–H groups in total. The van der Waals surface area contributed by atoms with Crippen LogP contribution in [0, 0.1) is 12.7 Å². The molecular formula is C16H24FN.